The van der Waals surface area contributed by atoms with E-state index >= 15 is 0 Å². The van der Waals surface area contributed by atoms with Crippen molar-refractivity contribution in [3.8, 4) is 11.5 Å². The summed E-state index contributed by atoms with van der Waals surface area (Å²) in [6.07, 6.45) is -0.233. The molecule has 0 saturated carbocycles. The van der Waals surface area contributed by atoms with Gasteiger partial charge >= 0.3 is 5.97 Å². The van der Waals surface area contributed by atoms with Crippen molar-refractivity contribution in [1.82, 2.24) is 5.32 Å². The number of nitrogens with one attached hydrogen (secondary N) is 1. The van der Waals surface area contributed by atoms with Crippen molar-refractivity contribution in [2.45, 2.75) is 25.3 Å². The lowest BCUT2D eigenvalue weighted by Gasteiger charge is -2.21. The number of carbonyl (C=O) groups excluding carboxylic acids is 1. The largest absolute Gasteiger partial charge is 0.493 e. The van der Waals surface area contributed by atoms with Crippen molar-refractivity contribution < 1.29 is 24.2 Å². The van der Waals surface area contributed by atoms with Crippen molar-refractivity contribution in [1.29, 1.82) is 0 Å². The summed E-state index contributed by atoms with van der Waals surface area (Å²) in [7, 11) is 3.03. The quantitative estimate of drug-likeness (QED) is 0.758. The predicted molar refractivity (Wildman–Crippen MR) is 97.5 cm³/mol. The van der Waals surface area contributed by atoms with Crippen molar-refractivity contribution in [2.24, 2.45) is 0 Å². The van der Waals surface area contributed by atoms with Crippen LogP contribution in [-0.4, -0.2) is 31.2 Å². The normalized spacial score (nSPS) is 12.7. The number of aliphatic carboxylic acids is 1. The third-order valence-electron chi connectivity index (χ3n) is 4.20. The highest BCUT2D eigenvalue weighted by Crippen LogP contribution is 2.31. The molecule has 138 valence electrons. The smallest absolute Gasteiger partial charge is 0.305 e. The van der Waals surface area contributed by atoms with E-state index < -0.39 is 17.9 Å². The standard InChI is InChI=1S/C20H23NO5/c1-13(14-7-5-4-6-8-14)20(24)21-16(12-19(22)23)15-9-10-17(25-2)18(11-15)26-3/h4-11,13,16H,12H2,1-3H3,(H,21,24)(H,22,23)/t13-,16?/m1/s1. The number of rotatable bonds is 8. The number of amides is 1. The highest BCUT2D eigenvalue weighted by molar-refractivity contribution is 5.84. The van der Waals surface area contributed by atoms with Gasteiger partial charge in [0.1, 0.15) is 0 Å². The van der Waals surface area contributed by atoms with Gasteiger partial charge in [-0.15, -0.1) is 0 Å². The van der Waals surface area contributed by atoms with Crippen LogP contribution >= 0.6 is 0 Å². The molecule has 0 aliphatic heterocycles. The summed E-state index contributed by atoms with van der Waals surface area (Å²) in [5.74, 6) is -0.623. The fourth-order valence-corrected chi connectivity index (χ4v) is 2.69. The molecule has 0 aromatic heterocycles. The highest BCUT2D eigenvalue weighted by Gasteiger charge is 2.23. The Bertz CT molecular complexity index is 760. The molecule has 2 aromatic carbocycles. The zero-order valence-electron chi connectivity index (χ0n) is 15.1. The van der Waals surface area contributed by atoms with Gasteiger partial charge in [-0.25, -0.2) is 0 Å². The summed E-state index contributed by atoms with van der Waals surface area (Å²) in [5.41, 5.74) is 1.50. The van der Waals surface area contributed by atoms with Crippen LogP contribution in [0.4, 0.5) is 0 Å². The number of benzene rings is 2. The van der Waals surface area contributed by atoms with Gasteiger partial charge < -0.3 is 19.9 Å². The Hall–Kier alpha value is -3.02. The Balaban J connectivity index is 2.24. The number of carboxylic acid groups (broad SMARTS) is 1. The van der Waals surface area contributed by atoms with Gasteiger partial charge in [-0.2, -0.15) is 0 Å². The molecule has 0 bridgehead atoms. The van der Waals surface area contributed by atoms with Gasteiger partial charge in [0.05, 0.1) is 32.6 Å². The number of hydrogen-bond donors (Lipinski definition) is 2. The second kappa shape index (κ2) is 8.89. The Morgan fingerprint density at radius 2 is 1.65 bits per heavy atom. The fraction of sp³-hybridized carbons (Fsp3) is 0.300. The Labute approximate surface area is 152 Å². The number of hydrogen-bond acceptors (Lipinski definition) is 4. The van der Waals surface area contributed by atoms with Crippen LogP contribution in [0.5, 0.6) is 11.5 Å². The second-order valence-electron chi connectivity index (χ2n) is 5.91. The number of methoxy groups -OCH3 is 2. The van der Waals surface area contributed by atoms with Gasteiger partial charge in [0.2, 0.25) is 5.91 Å². The molecule has 2 rings (SSSR count). The summed E-state index contributed by atoms with van der Waals surface area (Å²) in [5, 5.41) is 12.1. The SMILES string of the molecule is COc1ccc(C(CC(=O)O)NC(=O)[C@H](C)c2ccccc2)cc1OC. The van der Waals surface area contributed by atoms with E-state index in [4.69, 9.17) is 9.47 Å². The minimum atomic E-state index is -1.00. The van der Waals surface area contributed by atoms with Crippen LogP contribution in [0.3, 0.4) is 0 Å². The molecule has 6 nitrogen and oxygen atoms in total. The zero-order chi connectivity index (χ0) is 19.1. The molecule has 0 saturated heterocycles. The molecule has 2 atom stereocenters. The summed E-state index contributed by atoms with van der Waals surface area (Å²) < 4.78 is 10.5. The molecule has 1 amide bonds. The molecule has 2 aromatic rings. The molecule has 0 heterocycles. The van der Waals surface area contributed by atoms with E-state index in [9.17, 15) is 14.7 Å². The molecule has 0 aliphatic carbocycles. The van der Waals surface area contributed by atoms with E-state index in [0.717, 1.165) is 5.56 Å². The van der Waals surface area contributed by atoms with Crippen LogP contribution in [0.15, 0.2) is 48.5 Å². The molecular formula is C20H23NO5. The van der Waals surface area contributed by atoms with Crippen molar-refractivity contribution in [3.63, 3.8) is 0 Å². The van der Waals surface area contributed by atoms with Gasteiger partial charge in [0, 0.05) is 0 Å². The van der Waals surface area contributed by atoms with Crippen LogP contribution in [0, 0.1) is 0 Å². The maximum atomic E-state index is 12.6. The topological polar surface area (TPSA) is 84.9 Å². The first-order valence-corrected chi connectivity index (χ1v) is 8.25. The monoisotopic (exact) mass is 357 g/mol. The van der Waals surface area contributed by atoms with E-state index in [0.29, 0.717) is 17.1 Å². The summed E-state index contributed by atoms with van der Waals surface area (Å²) in [4.78, 5) is 23.9. The predicted octanol–water partition coefficient (Wildman–Crippen LogP) is 3.14. The van der Waals surface area contributed by atoms with Crippen molar-refractivity contribution in [2.75, 3.05) is 14.2 Å². The first-order chi connectivity index (χ1) is 12.5. The first kappa shape index (κ1) is 19.3. The van der Waals surface area contributed by atoms with E-state index in [2.05, 4.69) is 5.32 Å². The maximum Gasteiger partial charge on any atom is 0.305 e. The fourth-order valence-electron chi connectivity index (χ4n) is 2.69. The molecule has 0 spiro atoms. The Morgan fingerprint density at radius 3 is 2.23 bits per heavy atom. The van der Waals surface area contributed by atoms with E-state index in [-0.39, 0.29) is 12.3 Å². The first-order valence-electron chi connectivity index (χ1n) is 8.25. The van der Waals surface area contributed by atoms with Crippen LogP contribution in [-0.2, 0) is 9.59 Å². The minimum Gasteiger partial charge on any atom is -0.493 e. The number of ether oxygens (including phenoxy) is 2. The molecule has 0 aliphatic rings. The van der Waals surface area contributed by atoms with Crippen LogP contribution in [0.25, 0.3) is 0 Å². The molecular weight excluding hydrogens is 334 g/mol. The summed E-state index contributed by atoms with van der Waals surface area (Å²) in [6, 6.07) is 13.8. The Morgan fingerprint density at radius 1 is 1.00 bits per heavy atom. The summed E-state index contributed by atoms with van der Waals surface area (Å²) >= 11 is 0. The maximum absolute atomic E-state index is 12.6. The molecule has 1 unspecified atom stereocenters. The number of carbonyl (C=O) groups is 2. The zero-order valence-corrected chi connectivity index (χ0v) is 15.1. The lowest BCUT2D eigenvalue weighted by Crippen LogP contribution is -2.33. The molecule has 26 heavy (non-hydrogen) atoms. The molecule has 0 fully saturated rings. The highest BCUT2D eigenvalue weighted by atomic mass is 16.5. The lowest BCUT2D eigenvalue weighted by atomic mass is 9.98. The van der Waals surface area contributed by atoms with Gasteiger partial charge in [0.15, 0.2) is 11.5 Å². The Kier molecular flexibility index (Phi) is 6.60. The lowest BCUT2D eigenvalue weighted by molar-refractivity contribution is -0.137. The minimum absolute atomic E-state index is 0.233. The summed E-state index contributed by atoms with van der Waals surface area (Å²) in [6.45, 7) is 1.79. The average Bonchev–Trinajstić information content (AvgIpc) is 2.66. The van der Waals surface area contributed by atoms with Crippen LogP contribution < -0.4 is 14.8 Å². The van der Waals surface area contributed by atoms with Gasteiger partial charge in [0.25, 0.3) is 0 Å². The third kappa shape index (κ3) is 4.75. The van der Waals surface area contributed by atoms with E-state index in [1.54, 1.807) is 25.1 Å². The molecule has 6 heteroatoms. The van der Waals surface area contributed by atoms with E-state index in [1.807, 2.05) is 30.3 Å². The van der Waals surface area contributed by atoms with Crippen LogP contribution in [0.2, 0.25) is 0 Å². The average molecular weight is 357 g/mol. The third-order valence-corrected chi connectivity index (χ3v) is 4.20. The van der Waals surface area contributed by atoms with Gasteiger partial charge in [-0.1, -0.05) is 36.4 Å². The molecule has 2 N–H and O–H groups in total. The number of carboxylic acids is 1. The van der Waals surface area contributed by atoms with Gasteiger partial charge in [-0.3, -0.25) is 9.59 Å². The van der Waals surface area contributed by atoms with Gasteiger partial charge in [-0.05, 0) is 30.2 Å². The molecule has 0 radical (unpaired) electrons. The van der Waals surface area contributed by atoms with Crippen LogP contribution in [0.1, 0.15) is 36.4 Å². The van der Waals surface area contributed by atoms with Crippen molar-refractivity contribution >= 4 is 11.9 Å². The van der Waals surface area contributed by atoms with E-state index in [1.165, 1.54) is 14.2 Å². The van der Waals surface area contributed by atoms with Crippen molar-refractivity contribution in [3.05, 3.63) is 59.7 Å². The second-order valence-corrected chi connectivity index (χ2v) is 5.91.